The Balaban J connectivity index is 1.92. The molecule has 0 unspecified atom stereocenters. The fourth-order valence-corrected chi connectivity index (χ4v) is 1.62. The van der Waals surface area contributed by atoms with Crippen molar-refractivity contribution < 1.29 is 10.0 Å². The van der Waals surface area contributed by atoms with Gasteiger partial charge >= 0.3 is 0 Å². The normalized spacial score (nSPS) is 10.4. The van der Waals surface area contributed by atoms with E-state index in [9.17, 15) is 10.1 Å². The van der Waals surface area contributed by atoms with Crippen LogP contribution in [0.3, 0.4) is 0 Å². The number of nitrogens with zero attached hydrogens (tertiary/aromatic N) is 3. The van der Waals surface area contributed by atoms with E-state index in [4.69, 9.17) is 5.11 Å². The van der Waals surface area contributed by atoms with Crippen LogP contribution in [0.4, 0.5) is 11.4 Å². The molecule has 19 heavy (non-hydrogen) atoms. The number of benzene rings is 1. The number of aromatic nitrogens is 2. The van der Waals surface area contributed by atoms with Gasteiger partial charge < -0.3 is 10.4 Å². The van der Waals surface area contributed by atoms with Gasteiger partial charge in [0.2, 0.25) is 0 Å². The molecule has 7 nitrogen and oxygen atoms in total. The zero-order valence-electron chi connectivity index (χ0n) is 10.2. The topological polar surface area (TPSA) is 93.2 Å². The fourth-order valence-electron chi connectivity index (χ4n) is 1.62. The molecule has 0 aliphatic heterocycles. The molecule has 100 valence electrons. The molecule has 1 heterocycles. The van der Waals surface area contributed by atoms with Crippen molar-refractivity contribution in [2.45, 2.75) is 13.1 Å². The summed E-state index contributed by atoms with van der Waals surface area (Å²) in [5, 5.41) is 26.5. The highest BCUT2D eigenvalue weighted by Gasteiger charge is 2.04. The number of hydrogen-bond donors (Lipinski definition) is 2. The SMILES string of the molecule is O=[N+]([O-])c1ccc(CNc2cnn(CCO)c2)cc1. The first-order valence-electron chi connectivity index (χ1n) is 5.79. The number of anilines is 1. The summed E-state index contributed by atoms with van der Waals surface area (Å²) in [6, 6.07) is 6.38. The average Bonchev–Trinajstić information content (AvgIpc) is 2.85. The van der Waals surface area contributed by atoms with Crippen LogP contribution in [0.5, 0.6) is 0 Å². The van der Waals surface area contributed by atoms with E-state index < -0.39 is 4.92 Å². The van der Waals surface area contributed by atoms with Crippen LogP contribution in [0, 0.1) is 10.1 Å². The molecule has 0 aliphatic carbocycles. The quantitative estimate of drug-likeness (QED) is 0.606. The third-order valence-electron chi connectivity index (χ3n) is 2.61. The van der Waals surface area contributed by atoms with Crippen LogP contribution in [-0.4, -0.2) is 26.4 Å². The number of hydrogen-bond acceptors (Lipinski definition) is 5. The highest BCUT2D eigenvalue weighted by molar-refractivity contribution is 5.40. The van der Waals surface area contributed by atoms with Gasteiger partial charge in [-0.3, -0.25) is 14.8 Å². The number of nitro groups is 1. The zero-order chi connectivity index (χ0) is 13.7. The first-order valence-corrected chi connectivity index (χ1v) is 5.79. The molecule has 0 amide bonds. The number of aliphatic hydroxyl groups is 1. The number of nitrogens with one attached hydrogen (secondary N) is 1. The summed E-state index contributed by atoms with van der Waals surface area (Å²) in [4.78, 5) is 10.1. The molecule has 0 saturated heterocycles. The molecule has 2 aromatic rings. The van der Waals surface area contributed by atoms with Gasteiger partial charge in [0, 0.05) is 24.9 Å². The lowest BCUT2D eigenvalue weighted by molar-refractivity contribution is -0.384. The molecular formula is C12H14N4O3. The second-order valence-corrected chi connectivity index (χ2v) is 3.99. The molecule has 2 rings (SSSR count). The van der Waals surface area contributed by atoms with Crippen LogP contribution in [0.25, 0.3) is 0 Å². The lowest BCUT2D eigenvalue weighted by Gasteiger charge is -2.03. The van der Waals surface area contributed by atoms with Crippen molar-refractivity contribution in [3.05, 3.63) is 52.3 Å². The molecule has 1 aromatic carbocycles. The minimum Gasteiger partial charge on any atom is -0.394 e. The van der Waals surface area contributed by atoms with E-state index in [1.54, 1.807) is 29.2 Å². The predicted molar refractivity (Wildman–Crippen MR) is 69.7 cm³/mol. The second-order valence-electron chi connectivity index (χ2n) is 3.99. The van der Waals surface area contributed by atoms with E-state index in [-0.39, 0.29) is 12.3 Å². The zero-order valence-corrected chi connectivity index (χ0v) is 10.2. The van der Waals surface area contributed by atoms with Crippen LogP contribution < -0.4 is 5.32 Å². The average molecular weight is 262 g/mol. The van der Waals surface area contributed by atoms with Gasteiger partial charge in [-0.1, -0.05) is 12.1 Å². The van der Waals surface area contributed by atoms with Gasteiger partial charge in [0.05, 0.1) is 30.0 Å². The van der Waals surface area contributed by atoms with Gasteiger partial charge in [0.25, 0.3) is 5.69 Å². The van der Waals surface area contributed by atoms with E-state index in [1.165, 1.54) is 12.1 Å². The van der Waals surface area contributed by atoms with Crippen LogP contribution >= 0.6 is 0 Å². The Morgan fingerprint density at radius 2 is 2.11 bits per heavy atom. The molecule has 0 aliphatic rings. The standard InChI is InChI=1S/C12H14N4O3/c17-6-5-15-9-11(8-14-15)13-7-10-1-3-12(4-2-10)16(18)19/h1-4,8-9,13,17H,5-7H2. The molecule has 0 radical (unpaired) electrons. The Morgan fingerprint density at radius 3 is 2.74 bits per heavy atom. The maximum absolute atomic E-state index is 10.5. The first kappa shape index (κ1) is 13.0. The van der Waals surface area contributed by atoms with Crippen molar-refractivity contribution in [2.24, 2.45) is 0 Å². The van der Waals surface area contributed by atoms with Crippen LogP contribution in [-0.2, 0) is 13.1 Å². The molecule has 0 saturated carbocycles. The number of non-ortho nitro benzene ring substituents is 1. The number of aliphatic hydroxyl groups excluding tert-OH is 1. The van der Waals surface area contributed by atoms with Crippen molar-refractivity contribution in [1.82, 2.24) is 9.78 Å². The van der Waals surface area contributed by atoms with Gasteiger partial charge in [0.15, 0.2) is 0 Å². The Bertz CT molecular complexity index is 550. The van der Waals surface area contributed by atoms with Crippen molar-refractivity contribution >= 4 is 11.4 Å². The lowest BCUT2D eigenvalue weighted by Crippen LogP contribution is -2.02. The van der Waals surface area contributed by atoms with Gasteiger partial charge in [-0.15, -0.1) is 0 Å². The van der Waals surface area contributed by atoms with Crippen molar-refractivity contribution in [2.75, 3.05) is 11.9 Å². The van der Waals surface area contributed by atoms with E-state index in [2.05, 4.69) is 10.4 Å². The summed E-state index contributed by atoms with van der Waals surface area (Å²) in [6.07, 6.45) is 3.46. The predicted octanol–water partition coefficient (Wildman–Crippen LogP) is 1.40. The molecular weight excluding hydrogens is 248 g/mol. The van der Waals surface area contributed by atoms with Crippen molar-refractivity contribution in [1.29, 1.82) is 0 Å². The van der Waals surface area contributed by atoms with E-state index in [0.717, 1.165) is 11.3 Å². The summed E-state index contributed by atoms with van der Waals surface area (Å²) < 4.78 is 1.64. The highest BCUT2D eigenvalue weighted by Crippen LogP contribution is 2.13. The van der Waals surface area contributed by atoms with Crippen LogP contribution in [0.1, 0.15) is 5.56 Å². The molecule has 7 heteroatoms. The highest BCUT2D eigenvalue weighted by atomic mass is 16.6. The van der Waals surface area contributed by atoms with Crippen molar-refractivity contribution in [3.8, 4) is 0 Å². The molecule has 0 atom stereocenters. The Morgan fingerprint density at radius 1 is 1.37 bits per heavy atom. The number of nitro benzene ring substituents is 1. The van der Waals surface area contributed by atoms with E-state index >= 15 is 0 Å². The largest absolute Gasteiger partial charge is 0.394 e. The summed E-state index contributed by atoms with van der Waals surface area (Å²) in [5.41, 5.74) is 1.87. The maximum atomic E-state index is 10.5. The first-order chi connectivity index (χ1) is 9.19. The van der Waals surface area contributed by atoms with Crippen molar-refractivity contribution in [3.63, 3.8) is 0 Å². The Labute approximate surface area is 109 Å². The summed E-state index contributed by atoms with van der Waals surface area (Å²) >= 11 is 0. The third-order valence-corrected chi connectivity index (χ3v) is 2.61. The summed E-state index contributed by atoms with van der Waals surface area (Å²) in [5.74, 6) is 0. The second kappa shape index (κ2) is 5.96. The van der Waals surface area contributed by atoms with E-state index in [0.29, 0.717) is 13.1 Å². The summed E-state index contributed by atoms with van der Waals surface area (Å²) in [6.45, 7) is 1.06. The Hall–Kier alpha value is -2.41. The molecule has 1 aromatic heterocycles. The molecule has 0 fully saturated rings. The third kappa shape index (κ3) is 3.52. The van der Waals surface area contributed by atoms with Crippen LogP contribution in [0.2, 0.25) is 0 Å². The number of rotatable bonds is 6. The fraction of sp³-hybridized carbons (Fsp3) is 0.250. The van der Waals surface area contributed by atoms with Gasteiger partial charge in [-0.05, 0) is 5.56 Å². The Kier molecular flexibility index (Phi) is 4.09. The van der Waals surface area contributed by atoms with Crippen LogP contribution in [0.15, 0.2) is 36.7 Å². The van der Waals surface area contributed by atoms with E-state index in [1.807, 2.05) is 0 Å². The lowest BCUT2D eigenvalue weighted by atomic mass is 10.2. The minimum absolute atomic E-state index is 0.0451. The minimum atomic E-state index is -0.421. The molecule has 0 spiro atoms. The van der Waals surface area contributed by atoms with Gasteiger partial charge in [0.1, 0.15) is 0 Å². The molecule has 0 bridgehead atoms. The van der Waals surface area contributed by atoms with Gasteiger partial charge in [-0.25, -0.2) is 0 Å². The maximum Gasteiger partial charge on any atom is 0.269 e. The summed E-state index contributed by atoms with van der Waals surface area (Å²) in [7, 11) is 0. The monoisotopic (exact) mass is 262 g/mol. The molecule has 2 N–H and O–H groups in total. The van der Waals surface area contributed by atoms with Gasteiger partial charge in [-0.2, -0.15) is 5.10 Å². The smallest absolute Gasteiger partial charge is 0.269 e.